The van der Waals surface area contributed by atoms with Crippen molar-refractivity contribution in [1.29, 1.82) is 0 Å². The van der Waals surface area contributed by atoms with Gasteiger partial charge in [0.25, 0.3) is 0 Å². The fourth-order valence-electron chi connectivity index (χ4n) is 3.13. The first kappa shape index (κ1) is 20.6. The molecule has 2 aromatic carbocycles. The molecular formula is C18H20AlCl4P. The first-order chi connectivity index (χ1) is 11.3. The van der Waals surface area contributed by atoms with E-state index in [1.165, 1.54) is 23.5 Å². The summed E-state index contributed by atoms with van der Waals surface area (Å²) in [5.41, 5.74) is 2.89. The summed E-state index contributed by atoms with van der Waals surface area (Å²) in [7, 11) is 16.0. The molecule has 128 valence electrons. The molecule has 1 aliphatic rings. The van der Waals surface area contributed by atoms with Gasteiger partial charge in [-0.05, 0) is 13.8 Å². The van der Waals surface area contributed by atoms with Crippen molar-refractivity contribution in [2.75, 3.05) is 12.3 Å². The average Bonchev–Trinajstić information content (AvgIpc) is 3.24. The summed E-state index contributed by atoms with van der Waals surface area (Å²) >= 11 is 0. The van der Waals surface area contributed by atoms with Gasteiger partial charge in [-0.25, -0.2) is 0 Å². The zero-order valence-corrected chi connectivity index (χ0v) is 18.8. The highest BCUT2D eigenvalue weighted by molar-refractivity contribution is 8.03. The largest absolute Gasteiger partial charge is 0.564 e. The summed E-state index contributed by atoms with van der Waals surface area (Å²) in [6.45, 7) is 4.71. The quantitative estimate of drug-likeness (QED) is 0.337. The highest BCUT2D eigenvalue weighted by Crippen LogP contribution is 2.92. The maximum Gasteiger partial charge on any atom is 0.564 e. The van der Waals surface area contributed by atoms with Gasteiger partial charge >= 0.3 is 9.39 Å². The third-order valence-electron chi connectivity index (χ3n) is 4.20. The van der Waals surface area contributed by atoms with E-state index in [1.807, 2.05) is 0 Å². The highest BCUT2D eigenvalue weighted by Gasteiger charge is 2.61. The van der Waals surface area contributed by atoms with Gasteiger partial charge in [0.2, 0.25) is 0 Å². The molecule has 1 heterocycles. The second kappa shape index (κ2) is 8.79. The van der Waals surface area contributed by atoms with E-state index < -0.39 is 16.7 Å². The molecule has 0 saturated carbocycles. The third kappa shape index (κ3) is 5.16. The fraction of sp³-hybridized carbons (Fsp3) is 0.222. The Kier molecular flexibility index (Phi) is 7.55. The first-order valence-electron chi connectivity index (χ1n) is 7.94. The van der Waals surface area contributed by atoms with Crippen molar-refractivity contribution in [2.24, 2.45) is 0 Å². The smallest absolute Gasteiger partial charge is 0.391 e. The minimum absolute atomic E-state index is 0.985. The molecule has 6 heteroatoms. The van der Waals surface area contributed by atoms with Gasteiger partial charge in [-0.3, -0.25) is 0 Å². The van der Waals surface area contributed by atoms with Gasteiger partial charge in [0, 0.05) is 11.1 Å². The van der Waals surface area contributed by atoms with E-state index >= 15 is 0 Å². The van der Waals surface area contributed by atoms with Crippen molar-refractivity contribution >= 4 is 67.5 Å². The number of benzene rings is 2. The lowest BCUT2D eigenvalue weighted by Crippen LogP contribution is -1.91. The lowest BCUT2D eigenvalue weighted by molar-refractivity contribution is 1.42. The minimum Gasteiger partial charge on any atom is -0.391 e. The van der Waals surface area contributed by atoms with Crippen LogP contribution >= 0.6 is 47.5 Å². The van der Waals surface area contributed by atoms with Crippen LogP contribution in [0.25, 0.3) is 10.6 Å². The molecule has 3 rings (SSSR count). The summed E-state index contributed by atoms with van der Waals surface area (Å²) in [6.07, 6.45) is 2.61. The van der Waals surface area contributed by atoms with E-state index in [0.717, 1.165) is 0 Å². The number of hydrogen-bond acceptors (Lipinski definition) is 0. The highest BCUT2D eigenvalue weighted by atomic mass is 35.9. The molecule has 0 radical (unpaired) electrons. The van der Waals surface area contributed by atoms with Crippen molar-refractivity contribution in [2.45, 2.75) is 13.8 Å². The average molecular weight is 436 g/mol. The molecule has 0 aliphatic carbocycles. The lowest BCUT2D eigenvalue weighted by Gasteiger charge is -2.07. The van der Waals surface area contributed by atoms with Gasteiger partial charge in [0.05, 0.1) is 19.6 Å². The van der Waals surface area contributed by atoms with E-state index in [2.05, 4.69) is 74.5 Å². The molecule has 0 fully saturated rings. The van der Waals surface area contributed by atoms with Crippen molar-refractivity contribution < 1.29 is 0 Å². The summed E-state index contributed by atoms with van der Waals surface area (Å²) in [5, 5.41) is 3.34. The van der Waals surface area contributed by atoms with E-state index in [-0.39, 0.29) is 0 Å². The van der Waals surface area contributed by atoms with Crippen LogP contribution in [0.15, 0.2) is 60.7 Å². The first-order valence-corrected chi connectivity index (χ1v) is 17.1. The standard InChI is InChI=1S/C18H20P.Al.4ClH/c1-3-19(4-2)17(15-11-7-5-8-12-15)18(19)16-13-9-6-10-14-16;;;;;/h5-14H,3-4H2,1-2H3;;4*1H/q+1;+3;;;;/p-4. The van der Waals surface area contributed by atoms with Crippen LogP contribution in [0.5, 0.6) is 0 Å². The minimum atomic E-state index is -2.94. The van der Waals surface area contributed by atoms with E-state index in [4.69, 9.17) is 40.2 Å². The van der Waals surface area contributed by atoms with Crippen LogP contribution in [0, 0.1) is 0 Å². The van der Waals surface area contributed by atoms with Crippen LogP contribution in [0.4, 0.5) is 0 Å². The Morgan fingerprint density at radius 3 is 1.21 bits per heavy atom. The molecular weight excluding hydrogens is 416 g/mol. The van der Waals surface area contributed by atoms with Gasteiger partial charge in [-0.1, -0.05) is 60.7 Å². The molecule has 0 bridgehead atoms. The molecule has 0 aromatic heterocycles. The second-order valence-electron chi connectivity index (χ2n) is 5.52. The lowest BCUT2D eigenvalue weighted by atomic mass is 10.1. The Labute approximate surface area is 164 Å². The Morgan fingerprint density at radius 2 is 0.958 bits per heavy atom. The molecule has 0 saturated heterocycles. The van der Waals surface area contributed by atoms with Gasteiger partial charge in [0.15, 0.2) is 0 Å². The number of hydrogen-bond donors (Lipinski definition) is 0. The predicted octanol–water partition coefficient (Wildman–Crippen LogP) is 7.96. The van der Waals surface area contributed by atoms with Crippen LogP contribution in [0.3, 0.4) is 0 Å². The topological polar surface area (TPSA) is 0 Å². The summed E-state index contributed by atoms with van der Waals surface area (Å²) in [6, 6.07) is 21.9. The van der Waals surface area contributed by atoms with Gasteiger partial charge in [-0.2, -0.15) is 0 Å². The maximum atomic E-state index is 4.99. The Bertz CT molecular complexity index is 634. The van der Waals surface area contributed by atoms with Crippen LogP contribution in [0.2, 0.25) is 0 Å². The Morgan fingerprint density at radius 1 is 0.667 bits per heavy atom. The van der Waals surface area contributed by atoms with E-state index in [1.54, 1.807) is 10.6 Å². The fourth-order valence-corrected chi connectivity index (χ4v) is 7.44. The molecule has 0 unspecified atom stereocenters. The molecule has 2 aromatic rings. The van der Waals surface area contributed by atoms with Crippen LogP contribution in [0.1, 0.15) is 25.0 Å². The summed E-state index contributed by atoms with van der Waals surface area (Å²) in [5.74, 6) is 0. The third-order valence-corrected chi connectivity index (χ3v) is 8.82. The van der Waals surface area contributed by atoms with Crippen LogP contribution < -0.4 is 0 Å². The number of rotatable bonds is 4. The molecule has 0 spiro atoms. The molecule has 0 atom stereocenters. The number of halogens is 4. The second-order valence-corrected chi connectivity index (χ2v) is 22.5. The Hall–Kier alpha value is 0.302. The Balaban J connectivity index is 0.000000368. The van der Waals surface area contributed by atoms with Crippen molar-refractivity contribution in [3.63, 3.8) is 0 Å². The van der Waals surface area contributed by atoms with Gasteiger partial charge in [0.1, 0.15) is 10.6 Å². The van der Waals surface area contributed by atoms with Crippen molar-refractivity contribution in [3.05, 3.63) is 71.8 Å². The van der Waals surface area contributed by atoms with Crippen LogP contribution in [-0.2, 0) is 0 Å². The summed E-state index contributed by atoms with van der Waals surface area (Å²) in [4.78, 5) is 0. The monoisotopic (exact) mass is 434 g/mol. The maximum absolute atomic E-state index is 4.99. The van der Waals surface area contributed by atoms with Crippen LogP contribution in [-0.4, -0.2) is 21.7 Å². The molecule has 24 heavy (non-hydrogen) atoms. The summed E-state index contributed by atoms with van der Waals surface area (Å²) < 4.78 is 0. The SMILES string of the molecule is CC[P+]1(CC)C(c2ccccc2)=C1c1ccccc1.[Cl][Al-]([Cl])([Cl])[Cl]. The molecule has 0 nitrogen and oxygen atoms in total. The van der Waals surface area contributed by atoms with E-state index in [0.29, 0.717) is 0 Å². The van der Waals surface area contributed by atoms with Gasteiger partial charge < -0.3 is 40.2 Å². The zero-order chi connectivity index (χ0) is 17.8. The van der Waals surface area contributed by atoms with E-state index in [9.17, 15) is 0 Å². The predicted molar refractivity (Wildman–Crippen MR) is 117 cm³/mol. The van der Waals surface area contributed by atoms with Crippen molar-refractivity contribution in [1.82, 2.24) is 0 Å². The molecule has 0 N–H and O–H groups in total. The normalized spacial score (nSPS) is 15.6. The molecule has 0 amide bonds. The van der Waals surface area contributed by atoms with Gasteiger partial charge in [-0.15, -0.1) is 0 Å². The van der Waals surface area contributed by atoms with Crippen molar-refractivity contribution in [3.8, 4) is 0 Å². The molecule has 1 aliphatic heterocycles. The zero-order valence-electron chi connectivity index (χ0n) is 13.7.